The second kappa shape index (κ2) is 7.90. The molecule has 1 aliphatic heterocycles. The van der Waals surface area contributed by atoms with Crippen LogP contribution in [0, 0.1) is 0 Å². The minimum Gasteiger partial charge on any atom is -0.395 e. The number of unbranched alkanes of at least 4 members (excludes halogenated alkanes) is 1. The molecule has 0 aromatic heterocycles. The summed E-state index contributed by atoms with van der Waals surface area (Å²) in [4.78, 5) is 13.0. The molecular formula is C13H26N2O5. The van der Waals surface area contributed by atoms with Gasteiger partial charge in [-0.3, -0.25) is 9.69 Å². The van der Waals surface area contributed by atoms with Gasteiger partial charge in [0.15, 0.2) is 0 Å². The summed E-state index contributed by atoms with van der Waals surface area (Å²) in [5.41, 5.74) is 0. The minimum atomic E-state index is -1.22. The number of rotatable bonds is 6. The maximum Gasteiger partial charge on any atom is 0.217 e. The molecule has 5 N–H and O–H groups in total. The van der Waals surface area contributed by atoms with Crippen molar-refractivity contribution < 1.29 is 25.2 Å². The van der Waals surface area contributed by atoms with Gasteiger partial charge in [-0.25, -0.2) is 0 Å². The molecule has 1 fully saturated rings. The molecule has 1 saturated heterocycles. The quantitative estimate of drug-likeness (QED) is 0.389. The number of likely N-dealkylation sites (tertiary alicyclic amines) is 1. The number of piperidine rings is 1. The first-order chi connectivity index (χ1) is 9.47. The predicted octanol–water partition coefficient (Wildman–Crippen LogP) is -1.95. The molecule has 0 unspecified atom stereocenters. The van der Waals surface area contributed by atoms with E-state index in [9.17, 15) is 25.2 Å². The van der Waals surface area contributed by atoms with Crippen molar-refractivity contribution in [3.8, 4) is 0 Å². The summed E-state index contributed by atoms with van der Waals surface area (Å²) in [5, 5.41) is 41.9. The van der Waals surface area contributed by atoms with E-state index in [0.717, 1.165) is 12.8 Å². The maximum atomic E-state index is 11.2. The number of nitrogens with zero attached hydrogens (tertiary/aromatic N) is 1. The van der Waals surface area contributed by atoms with Crippen molar-refractivity contribution in [3.05, 3.63) is 0 Å². The SMILES string of the molecule is CCCCN1[C@H](CO)[C@@H](O)[C@H](O)[C@@H](NC(C)=O)[C@@H]1CO. The number of amides is 1. The van der Waals surface area contributed by atoms with E-state index in [-0.39, 0.29) is 19.1 Å². The molecule has 0 spiro atoms. The number of hydrogen-bond donors (Lipinski definition) is 5. The lowest BCUT2D eigenvalue weighted by Gasteiger charge is -2.50. The Labute approximate surface area is 119 Å². The number of hydrogen-bond acceptors (Lipinski definition) is 6. The third kappa shape index (κ3) is 3.67. The normalized spacial score (nSPS) is 35.0. The van der Waals surface area contributed by atoms with Crippen LogP contribution in [0.2, 0.25) is 0 Å². The first-order valence-electron chi connectivity index (χ1n) is 7.08. The zero-order valence-electron chi connectivity index (χ0n) is 12.1. The van der Waals surface area contributed by atoms with Crippen LogP contribution in [0.4, 0.5) is 0 Å². The van der Waals surface area contributed by atoms with E-state index in [0.29, 0.717) is 6.54 Å². The lowest BCUT2D eigenvalue weighted by atomic mass is 9.86. The molecule has 1 aliphatic rings. The van der Waals surface area contributed by atoms with Gasteiger partial charge >= 0.3 is 0 Å². The molecule has 1 heterocycles. The zero-order chi connectivity index (χ0) is 15.3. The maximum absolute atomic E-state index is 11.2. The summed E-state index contributed by atoms with van der Waals surface area (Å²) >= 11 is 0. The summed E-state index contributed by atoms with van der Waals surface area (Å²) in [6, 6.07) is -1.92. The van der Waals surface area contributed by atoms with Crippen molar-refractivity contribution in [2.24, 2.45) is 0 Å². The monoisotopic (exact) mass is 290 g/mol. The highest BCUT2D eigenvalue weighted by atomic mass is 16.3. The number of carbonyl (C=O) groups is 1. The van der Waals surface area contributed by atoms with Gasteiger partial charge in [-0.15, -0.1) is 0 Å². The number of carbonyl (C=O) groups excluding carboxylic acids is 1. The first-order valence-corrected chi connectivity index (χ1v) is 7.08. The van der Waals surface area contributed by atoms with E-state index in [4.69, 9.17) is 0 Å². The van der Waals surface area contributed by atoms with Crippen molar-refractivity contribution in [1.29, 1.82) is 0 Å². The molecule has 0 saturated carbocycles. The zero-order valence-corrected chi connectivity index (χ0v) is 12.1. The Bertz CT molecular complexity index is 315. The van der Waals surface area contributed by atoms with Crippen LogP contribution in [-0.2, 0) is 4.79 Å². The van der Waals surface area contributed by atoms with Gasteiger partial charge < -0.3 is 25.7 Å². The van der Waals surface area contributed by atoms with Crippen molar-refractivity contribution in [2.75, 3.05) is 19.8 Å². The second-order valence-corrected chi connectivity index (χ2v) is 5.30. The molecule has 7 heteroatoms. The second-order valence-electron chi connectivity index (χ2n) is 5.30. The van der Waals surface area contributed by atoms with Crippen LogP contribution in [-0.4, -0.2) is 81.3 Å². The van der Waals surface area contributed by atoms with Crippen LogP contribution in [0.15, 0.2) is 0 Å². The first kappa shape index (κ1) is 17.3. The molecule has 0 aromatic rings. The molecule has 118 valence electrons. The smallest absolute Gasteiger partial charge is 0.217 e. The van der Waals surface area contributed by atoms with Crippen molar-refractivity contribution >= 4 is 5.91 Å². The van der Waals surface area contributed by atoms with E-state index >= 15 is 0 Å². The van der Waals surface area contributed by atoms with Crippen molar-refractivity contribution in [1.82, 2.24) is 10.2 Å². The van der Waals surface area contributed by atoms with Crippen molar-refractivity contribution in [3.63, 3.8) is 0 Å². The Morgan fingerprint density at radius 2 is 1.75 bits per heavy atom. The van der Waals surface area contributed by atoms with Gasteiger partial charge in [0.2, 0.25) is 5.91 Å². The van der Waals surface area contributed by atoms with Gasteiger partial charge in [-0.05, 0) is 13.0 Å². The standard InChI is InChI=1S/C13H26N2O5/c1-3-4-5-15-9(6-16)11(14-8(2)18)13(20)12(19)10(15)7-17/h9-13,16-17,19-20H,3-7H2,1-2H3,(H,14,18)/t9-,10+,11-,12+,13+/m0/s1. The van der Waals surface area contributed by atoms with E-state index in [1.165, 1.54) is 6.92 Å². The van der Waals surface area contributed by atoms with Gasteiger partial charge in [-0.2, -0.15) is 0 Å². The fourth-order valence-electron chi connectivity index (χ4n) is 2.84. The number of aliphatic hydroxyl groups is 4. The van der Waals surface area contributed by atoms with Gasteiger partial charge in [0.25, 0.3) is 0 Å². The molecular weight excluding hydrogens is 264 g/mol. The lowest BCUT2D eigenvalue weighted by Crippen LogP contribution is -2.72. The Kier molecular flexibility index (Phi) is 6.84. The number of aliphatic hydroxyl groups excluding tert-OH is 4. The highest BCUT2D eigenvalue weighted by Crippen LogP contribution is 2.25. The van der Waals surface area contributed by atoms with Gasteiger partial charge in [-0.1, -0.05) is 13.3 Å². The van der Waals surface area contributed by atoms with Gasteiger partial charge in [0, 0.05) is 6.92 Å². The summed E-state index contributed by atoms with van der Waals surface area (Å²) in [6.45, 7) is 3.33. The predicted molar refractivity (Wildman–Crippen MR) is 73.0 cm³/mol. The fourth-order valence-corrected chi connectivity index (χ4v) is 2.84. The van der Waals surface area contributed by atoms with Crippen LogP contribution in [0.25, 0.3) is 0 Å². The summed E-state index contributed by atoms with van der Waals surface area (Å²) in [6.07, 6.45) is -0.624. The van der Waals surface area contributed by atoms with Crippen LogP contribution in [0.3, 0.4) is 0 Å². The highest BCUT2D eigenvalue weighted by molar-refractivity contribution is 5.73. The fraction of sp³-hybridized carbons (Fsp3) is 0.923. The molecule has 5 atom stereocenters. The summed E-state index contributed by atoms with van der Waals surface area (Å²) in [5.74, 6) is -0.336. The lowest BCUT2D eigenvalue weighted by molar-refractivity contribution is -0.144. The average Bonchev–Trinajstić information content (AvgIpc) is 2.41. The molecule has 1 amide bonds. The largest absolute Gasteiger partial charge is 0.395 e. The Morgan fingerprint density at radius 3 is 2.20 bits per heavy atom. The number of nitrogens with one attached hydrogen (secondary N) is 1. The van der Waals surface area contributed by atoms with Crippen LogP contribution in [0.5, 0.6) is 0 Å². The highest BCUT2D eigenvalue weighted by Gasteiger charge is 2.47. The molecule has 0 bridgehead atoms. The van der Waals surface area contributed by atoms with Gasteiger partial charge in [0.1, 0.15) is 6.10 Å². The molecule has 1 rings (SSSR count). The van der Waals surface area contributed by atoms with E-state index in [2.05, 4.69) is 5.32 Å². The summed E-state index contributed by atoms with van der Waals surface area (Å²) < 4.78 is 0. The molecule has 0 aromatic carbocycles. The van der Waals surface area contributed by atoms with E-state index in [1.807, 2.05) is 6.92 Å². The van der Waals surface area contributed by atoms with E-state index in [1.54, 1.807) is 4.90 Å². The molecule has 20 heavy (non-hydrogen) atoms. The third-order valence-corrected chi connectivity index (χ3v) is 3.89. The molecule has 0 aliphatic carbocycles. The average molecular weight is 290 g/mol. The van der Waals surface area contributed by atoms with E-state index < -0.39 is 30.3 Å². The van der Waals surface area contributed by atoms with Crippen LogP contribution < -0.4 is 5.32 Å². The van der Waals surface area contributed by atoms with Crippen molar-refractivity contribution in [2.45, 2.75) is 57.0 Å². The Morgan fingerprint density at radius 1 is 1.15 bits per heavy atom. The van der Waals surface area contributed by atoms with Gasteiger partial charge in [0.05, 0.1) is 37.4 Å². The minimum absolute atomic E-state index is 0.269. The Balaban J connectivity index is 2.98. The summed E-state index contributed by atoms with van der Waals surface area (Å²) in [7, 11) is 0. The van der Waals surface area contributed by atoms with Crippen LogP contribution >= 0.6 is 0 Å². The molecule has 7 nitrogen and oxygen atoms in total. The Hall–Kier alpha value is -0.730. The third-order valence-electron chi connectivity index (χ3n) is 3.89. The topological polar surface area (TPSA) is 113 Å². The molecule has 0 radical (unpaired) electrons. The van der Waals surface area contributed by atoms with Crippen LogP contribution in [0.1, 0.15) is 26.7 Å².